The highest BCUT2D eigenvalue weighted by atomic mass is 16.1. The van der Waals surface area contributed by atoms with E-state index in [4.69, 9.17) is 5.26 Å². The molecule has 80 valence electrons. The predicted octanol–water partition coefficient (Wildman–Crippen LogP) is 2.74. The molecule has 0 amide bonds. The number of carbonyl (C=O) groups is 1. The van der Waals surface area contributed by atoms with Crippen LogP contribution in [-0.2, 0) is 6.54 Å². The van der Waals surface area contributed by atoms with E-state index in [0.717, 1.165) is 17.4 Å². The fourth-order valence-corrected chi connectivity index (χ4v) is 1.91. The van der Waals surface area contributed by atoms with Crippen LogP contribution in [0.5, 0.6) is 0 Å². The summed E-state index contributed by atoms with van der Waals surface area (Å²) >= 11 is 0. The largest absolute Gasteiger partial charge is 0.347 e. The summed E-state index contributed by atoms with van der Waals surface area (Å²) in [6, 6.07) is 7.54. The molecule has 1 heterocycles. The smallest absolute Gasteiger partial charge is 0.161 e. The van der Waals surface area contributed by atoms with Crippen LogP contribution in [-0.4, -0.2) is 10.4 Å². The van der Waals surface area contributed by atoms with Gasteiger partial charge in [0, 0.05) is 29.2 Å². The molecule has 1 aromatic heterocycles. The van der Waals surface area contributed by atoms with Gasteiger partial charge in [-0.3, -0.25) is 4.79 Å². The molecule has 3 heteroatoms. The number of aryl methyl sites for hydroxylation is 1. The van der Waals surface area contributed by atoms with Gasteiger partial charge in [-0.1, -0.05) is 0 Å². The number of nitrogens with zero attached hydrogens (tertiary/aromatic N) is 2. The molecule has 3 nitrogen and oxygen atoms in total. The summed E-state index contributed by atoms with van der Waals surface area (Å²) in [7, 11) is 0. The number of rotatable bonds is 2. The van der Waals surface area contributed by atoms with Crippen LogP contribution in [0.15, 0.2) is 24.4 Å². The van der Waals surface area contributed by atoms with Gasteiger partial charge in [0.15, 0.2) is 5.78 Å². The Bertz CT molecular complexity index is 602. The highest BCUT2D eigenvalue weighted by Crippen LogP contribution is 2.23. The predicted molar refractivity (Wildman–Crippen MR) is 62.3 cm³/mol. The molecule has 2 aromatic rings. The summed E-state index contributed by atoms with van der Waals surface area (Å²) in [6.07, 6.45) is 1.86. The summed E-state index contributed by atoms with van der Waals surface area (Å²) < 4.78 is 2.02. The van der Waals surface area contributed by atoms with Crippen molar-refractivity contribution in [3.05, 3.63) is 35.5 Å². The van der Waals surface area contributed by atoms with E-state index < -0.39 is 0 Å². The van der Waals surface area contributed by atoms with E-state index >= 15 is 0 Å². The number of carbonyl (C=O) groups excluding carboxylic acids is 1. The maximum Gasteiger partial charge on any atom is 0.161 e. The second-order valence-corrected chi connectivity index (χ2v) is 3.73. The zero-order valence-electron chi connectivity index (χ0n) is 9.32. The lowest BCUT2D eigenvalue weighted by Crippen LogP contribution is -1.91. The summed E-state index contributed by atoms with van der Waals surface area (Å²) in [4.78, 5) is 11.5. The Morgan fingerprint density at radius 1 is 1.50 bits per heavy atom. The first-order valence-corrected chi connectivity index (χ1v) is 5.21. The van der Waals surface area contributed by atoms with Crippen LogP contribution in [0.2, 0.25) is 0 Å². The molecule has 0 aliphatic rings. The zero-order chi connectivity index (χ0) is 11.7. The molecule has 0 radical (unpaired) electrons. The Morgan fingerprint density at radius 2 is 2.25 bits per heavy atom. The molecule has 1 aromatic carbocycles. The van der Waals surface area contributed by atoms with E-state index in [-0.39, 0.29) is 5.78 Å². The third-order valence-electron chi connectivity index (χ3n) is 2.73. The van der Waals surface area contributed by atoms with E-state index in [9.17, 15) is 4.79 Å². The lowest BCUT2D eigenvalue weighted by Gasteiger charge is -1.99. The summed E-state index contributed by atoms with van der Waals surface area (Å²) in [5.74, 6) is 0.0345. The molecule has 0 N–H and O–H groups in total. The molecule has 2 rings (SSSR count). The number of nitriles is 1. The van der Waals surface area contributed by atoms with Gasteiger partial charge in [0.2, 0.25) is 0 Å². The molecule has 0 unspecified atom stereocenters. The Morgan fingerprint density at radius 3 is 2.81 bits per heavy atom. The SMILES string of the molecule is CCn1cc(C(C)=O)c2cc(C#N)ccc21. The lowest BCUT2D eigenvalue weighted by atomic mass is 10.1. The Hall–Kier alpha value is -2.08. The Labute approximate surface area is 93.9 Å². The number of hydrogen-bond donors (Lipinski definition) is 0. The van der Waals surface area contributed by atoms with Crippen molar-refractivity contribution in [1.29, 1.82) is 5.26 Å². The van der Waals surface area contributed by atoms with Crippen LogP contribution in [0.3, 0.4) is 0 Å². The molecule has 0 aliphatic heterocycles. The van der Waals surface area contributed by atoms with Gasteiger partial charge in [0.25, 0.3) is 0 Å². The van der Waals surface area contributed by atoms with Gasteiger partial charge >= 0.3 is 0 Å². The highest BCUT2D eigenvalue weighted by molar-refractivity contribution is 6.07. The van der Waals surface area contributed by atoms with Gasteiger partial charge in [-0.2, -0.15) is 5.26 Å². The molecular weight excluding hydrogens is 200 g/mol. The monoisotopic (exact) mass is 212 g/mol. The van der Waals surface area contributed by atoms with Crippen molar-refractivity contribution in [3.63, 3.8) is 0 Å². The summed E-state index contributed by atoms with van der Waals surface area (Å²) in [5.41, 5.74) is 2.28. The quantitative estimate of drug-likeness (QED) is 0.718. The lowest BCUT2D eigenvalue weighted by molar-refractivity contribution is 0.101. The van der Waals surface area contributed by atoms with Gasteiger partial charge < -0.3 is 4.57 Å². The van der Waals surface area contributed by atoms with Crippen LogP contribution in [0.25, 0.3) is 10.9 Å². The van der Waals surface area contributed by atoms with Crippen molar-refractivity contribution in [2.24, 2.45) is 0 Å². The molecule has 0 fully saturated rings. The number of fused-ring (bicyclic) bond motifs is 1. The Kier molecular flexibility index (Phi) is 2.49. The topological polar surface area (TPSA) is 45.8 Å². The first-order chi connectivity index (χ1) is 7.67. The number of hydrogen-bond acceptors (Lipinski definition) is 2. The first kappa shape index (κ1) is 10.4. The zero-order valence-corrected chi connectivity index (χ0v) is 9.32. The van der Waals surface area contributed by atoms with Crippen molar-refractivity contribution >= 4 is 16.7 Å². The maximum atomic E-state index is 11.5. The van der Waals surface area contributed by atoms with Crippen LogP contribution < -0.4 is 0 Å². The molecule has 0 aliphatic carbocycles. The summed E-state index contributed by atoms with van der Waals surface area (Å²) in [5, 5.41) is 9.72. The van der Waals surface area contributed by atoms with Crippen LogP contribution in [0.1, 0.15) is 29.8 Å². The van der Waals surface area contributed by atoms with Gasteiger partial charge in [-0.05, 0) is 32.0 Å². The fourth-order valence-electron chi connectivity index (χ4n) is 1.91. The van der Waals surface area contributed by atoms with E-state index in [1.165, 1.54) is 0 Å². The molecule has 0 bridgehead atoms. The maximum absolute atomic E-state index is 11.5. The third-order valence-corrected chi connectivity index (χ3v) is 2.73. The van der Waals surface area contributed by atoms with Crippen LogP contribution in [0.4, 0.5) is 0 Å². The molecule has 0 atom stereocenters. The third kappa shape index (κ3) is 1.49. The van der Waals surface area contributed by atoms with Crippen LogP contribution >= 0.6 is 0 Å². The van der Waals surface area contributed by atoms with Gasteiger partial charge in [0.05, 0.1) is 11.6 Å². The molecule has 0 spiro atoms. The standard InChI is InChI=1S/C13H12N2O/c1-3-15-8-12(9(2)16)11-6-10(7-14)4-5-13(11)15/h4-6,8H,3H2,1-2H3. The fraction of sp³-hybridized carbons (Fsp3) is 0.231. The van der Waals surface area contributed by atoms with Crippen molar-refractivity contribution in [2.45, 2.75) is 20.4 Å². The molecule has 16 heavy (non-hydrogen) atoms. The molecular formula is C13H12N2O. The van der Waals surface area contributed by atoms with Crippen molar-refractivity contribution in [1.82, 2.24) is 4.57 Å². The summed E-state index contributed by atoms with van der Waals surface area (Å²) in [6.45, 7) is 4.39. The highest BCUT2D eigenvalue weighted by Gasteiger charge is 2.11. The number of aromatic nitrogens is 1. The van der Waals surface area contributed by atoms with E-state index in [0.29, 0.717) is 11.1 Å². The number of Topliss-reactive ketones (excluding diaryl/α,β-unsaturated/α-hetero) is 1. The molecule has 0 saturated heterocycles. The van der Waals surface area contributed by atoms with Crippen molar-refractivity contribution < 1.29 is 4.79 Å². The average Bonchev–Trinajstić information content (AvgIpc) is 2.66. The van der Waals surface area contributed by atoms with E-state index in [1.807, 2.05) is 23.8 Å². The minimum atomic E-state index is 0.0345. The van der Waals surface area contributed by atoms with Crippen LogP contribution in [0, 0.1) is 11.3 Å². The molecule has 0 saturated carbocycles. The van der Waals surface area contributed by atoms with Crippen molar-refractivity contribution in [2.75, 3.05) is 0 Å². The minimum Gasteiger partial charge on any atom is -0.347 e. The van der Waals surface area contributed by atoms with Gasteiger partial charge in [-0.25, -0.2) is 0 Å². The van der Waals surface area contributed by atoms with E-state index in [1.54, 1.807) is 19.1 Å². The van der Waals surface area contributed by atoms with E-state index in [2.05, 4.69) is 6.07 Å². The average molecular weight is 212 g/mol. The van der Waals surface area contributed by atoms with Crippen molar-refractivity contribution in [3.8, 4) is 6.07 Å². The second kappa shape index (κ2) is 3.82. The first-order valence-electron chi connectivity index (χ1n) is 5.21. The normalized spacial score (nSPS) is 10.3. The Balaban J connectivity index is 2.81. The minimum absolute atomic E-state index is 0.0345. The second-order valence-electron chi connectivity index (χ2n) is 3.73. The number of benzene rings is 1. The number of ketones is 1. The van der Waals surface area contributed by atoms with Gasteiger partial charge in [0.1, 0.15) is 0 Å². The van der Waals surface area contributed by atoms with Gasteiger partial charge in [-0.15, -0.1) is 0 Å².